The topological polar surface area (TPSA) is 106 Å². The summed E-state index contributed by atoms with van der Waals surface area (Å²) in [5.74, 6) is -0.292. The molecule has 2 bridgehead atoms. The average molecular weight is 426 g/mol. The highest BCUT2D eigenvalue weighted by atomic mass is 16.5. The fourth-order valence-electron chi connectivity index (χ4n) is 7.45. The normalized spacial score (nSPS) is 44.5. The summed E-state index contributed by atoms with van der Waals surface area (Å²) in [6.45, 7) is 2.56. The molecule has 5 aliphatic heterocycles. The third-order valence-electron chi connectivity index (χ3n) is 8.50. The number of aliphatic hydroxyl groups excluding tert-OH is 1. The number of nitrogens with zero attached hydrogens (tertiary/aromatic N) is 4. The highest BCUT2D eigenvalue weighted by Gasteiger charge is 2.68. The van der Waals surface area contributed by atoms with Gasteiger partial charge < -0.3 is 14.6 Å². The maximum absolute atomic E-state index is 13.6. The van der Waals surface area contributed by atoms with Crippen molar-refractivity contribution < 1.29 is 24.2 Å². The molecule has 1 N–H and O–H groups in total. The van der Waals surface area contributed by atoms with Gasteiger partial charge >= 0.3 is 0 Å². The molecule has 0 amide bonds. The summed E-state index contributed by atoms with van der Waals surface area (Å²) in [4.78, 5) is 33.7. The summed E-state index contributed by atoms with van der Waals surface area (Å²) in [5.41, 5.74) is 1.07. The van der Waals surface area contributed by atoms with Crippen molar-refractivity contribution in [1.82, 2.24) is 14.7 Å². The van der Waals surface area contributed by atoms with E-state index in [9.17, 15) is 20.0 Å². The van der Waals surface area contributed by atoms with E-state index < -0.39 is 12.1 Å². The number of fused-ring (bicyclic) bond motifs is 5. The van der Waals surface area contributed by atoms with Crippen LogP contribution in [0.15, 0.2) is 22.5 Å². The van der Waals surface area contributed by atoms with Crippen molar-refractivity contribution in [2.75, 3.05) is 33.9 Å². The number of piperazine rings is 1. The van der Waals surface area contributed by atoms with Gasteiger partial charge in [0.25, 0.3) is 0 Å². The second-order valence-electron chi connectivity index (χ2n) is 9.42. The van der Waals surface area contributed by atoms with Gasteiger partial charge in [-0.1, -0.05) is 0 Å². The molecule has 8 atom stereocenters. The molecule has 0 saturated carbocycles. The number of ether oxygens (including phenoxy) is 2. The summed E-state index contributed by atoms with van der Waals surface area (Å²) in [5, 5.41) is 20.7. The van der Waals surface area contributed by atoms with Crippen molar-refractivity contribution in [3.8, 4) is 6.07 Å². The molecular formula is C22H26N4O5. The zero-order valence-electron chi connectivity index (χ0n) is 17.8. The van der Waals surface area contributed by atoms with Crippen LogP contribution in [0, 0.1) is 17.2 Å². The van der Waals surface area contributed by atoms with E-state index in [0.717, 1.165) is 6.42 Å². The number of hydrogen-bond acceptors (Lipinski definition) is 9. The standard InChI is InChI=1S/C22H26N4O5/c1-9-19(28)15-14(20(29)21(9)30-3)13(8-27)26-12(7-23)11-6-10-16(24(11)2)18(26)17(15)25-4-5-31-22(10)25/h10-13,16-18,22,27H,4-6,8H2,1-3H3/t10-,11-,12+,13-,16+,17-,18+,22-/m1/s1. The predicted molar refractivity (Wildman–Crippen MR) is 106 cm³/mol. The van der Waals surface area contributed by atoms with Gasteiger partial charge in [0.15, 0.2) is 11.5 Å². The van der Waals surface area contributed by atoms with Crippen molar-refractivity contribution in [1.29, 1.82) is 5.26 Å². The van der Waals surface area contributed by atoms with E-state index in [2.05, 4.69) is 22.9 Å². The van der Waals surface area contributed by atoms with Crippen LogP contribution in [0.1, 0.15) is 13.3 Å². The van der Waals surface area contributed by atoms with Crippen LogP contribution in [0.3, 0.4) is 0 Å². The van der Waals surface area contributed by atoms with Gasteiger partial charge in [-0.25, -0.2) is 0 Å². The Morgan fingerprint density at radius 1 is 1.26 bits per heavy atom. The van der Waals surface area contributed by atoms with Gasteiger partial charge in [-0.3, -0.25) is 24.3 Å². The Labute approximate surface area is 180 Å². The van der Waals surface area contributed by atoms with Crippen LogP contribution in [0.5, 0.6) is 0 Å². The second-order valence-corrected chi connectivity index (χ2v) is 9.42. The fourth-order valence-corrected chi connectivity index (χ4v) is 7.45. The Hall–Kier alpha value is -2.09. The summed E-state index contributed by atoms with van der Waals surface area (Å²) in [7, 11) is 3.44. The Balaban J connectivity index is 1.63. The first kappa shape index (κ1) is 19.6. The molecule has 0 spiro atoms. The molecule has 0 unspecified atom stereocenters. The van der Waals surface area contributed by atoms with Crippen molar-refractivity contribution >= 4 is 11.6 Å². The molecule has 164 valence electrons. The number of nitriles is 1. The predicted octanol–water partition coefficient (Wildman–Crippen LogP) is -0.965. The number of ketones is 2. The molecule has 4 fully saturated rings. The number of Topliss-reactive ketones (excluding diaryl/α,β-unsaturated/α-hetero) is 2. The molecule has 5 heterocycles. The molecule has 1 aliphatic carbocycles. The van der Waals surface area contributed by atoms with E-state index in [0.29, 0.717) is 29.9 Å². The van der Waals surface area contributed by atoms with Crippen molar-refractivity contribution in [3.63, 3.8) is 0 Å². The minimum Gasteiger partial charge on any atom is -0.492 e. The minimum atomic E-state index is -0.701. The van der Waals surface area contributed by atoms with Crippen LogP contribution < -0.4 is 0 Å². The molecule has 9 nitrogen and oxygen atoms in total. The zero-order valence-corrected chi connectivity index (χ0v) is 17.8. The summed E-state index contributed by atoms with van der Waals surface area (Å²) in [6, 6.07) is 0.854. The smallest absolute Gasteiger partial charge is 0.226 e. The third-order valence-corrected chi connectivity index (χ3v) is 8.50. The third kappa shape index (κ3) is 2.12. The van der Waals surface area contributed by atoms with E-state index >= 15 is 0 Å². The van der Waals surface area contributed by atoms with Gasteiger partial charge in [-0.15, -0.1) is 0 Å². The highest BCUT2D eigenvalue weighted by Crippen LogP contribution is 2.54. The van der Waals surface area contributed by atoms with E-state index in [1.807, 2.05) is 4.90 Å². The second kappa shape index (κ2) is 6.47. The molecule has 0 aromatic rings. The lowest BCUT2D eigenvalue weighted by atomic mass is 9.69. The van der Waals surface area contributed by atoms with Crippen LogP contribution in [-0.2, 0) is 19.1 Å². The van der Waals surface area contributed by atoms with Gasteiger partial charge in [-0.2, -0.15) is 5.26 Å². The Morgan fingerprint density at radius 3 is 2.71 bits per heavy atom. The maximum Gasteiger partial charge on any atom is 0.226 e. The van der Waals surface area contributed by atoms with Crippen LogP contribution in [-0.4, -0.2) is 108 Å². The summed E-state index contributed by atoms with van der Waals surface area (Å²) >= 11 is 0. The van der Waals surface area contributed by atoms with Crippen LogP contribution >= 0.6 is 0 Å². The van der Waals surface area contributed by atoms with Gasteiger partial charge in [0, 0.05) is 47.3 Å². The van der Waals surface area contributed by atoms with E-state index in [1.54, 1.807) is 6.92 Å². The van der Waals surface area contributed by atoms with Gasteiger partial charge in [0.2, 0.25) is 5.78 Å². The highest BCUT2D eigenvalue weighted by molar-refractivity contribution is 6.25. The number of likely N-dealkylation sites (N-methyl/N-ethyl adjacent to an activating group) is 1. The lowest BCUT2D eigenvalue weighted by Crippen LogP contribution is -2.78. The van der Waals surface area contributed by atoms with Crippen LogP contribution in [0.2, 0.25) is 0 Å². The minimum absolute atomic E-state index is 0.00850. The molecule has 9 heteroatoms. The number of carbonyl (C=O) groups excluding carboxylic acids is 2. The van der Waals surface area contributed by atoms with Gasteiger partial charge in [0.05, 0.1) is 38.5 Å². The SMILES string of the molecule is COC1=C(C)C(=O)C2=C(C1=O)[C@@H](CO)N1[C@H]3[C@@H]4[C@@H](C[C@H]([C@@H]1C#N)N4C)[C@H]1OCCN1[C@H]23. The van der Waals surface area contributed by atoms with E-state index in [-0.39, 0.29) is 60.2 Å². The number of methoxy groups -OCH3 is 1. The van der Waals surface area contributed by atoms with Crippen molar-refractivity contribution in [2.45, 2.75) is 55.8 Å². The first-order valence-corrected chi connectivity index (χ1v) is 10.9. The Bertz CT molecular complexity index is 998. The Morgan fingerprint density at radius 2 is 2.03 bits per heavy atom. The molecule has 0 aromatic carbocycles. The monoisotopic (exact) mass is 426 g/mol. The fraction of sp³-hybridized carbons (Fsp3) is 0.682. The molecule has 6 rings (SSSR count). The lowest BCUT2D eigenvalue weighted by molar-refractivity contribution is -0.145. The quantitative estimate of drug-likeness (QED) is 0.559. The molecule has 0 aromatic heterocycles. The first-order chi connectivity index (χ1) is 15.0. The van der Waals surface area contributed by atoms with E-state index in [4.69, 9.17) is 9.47 Å². The first-order valence-electron chi connectivity index (χ1n) is 10.9. The average Bonchev–Trinajstić information content (AvgIpc) is 3.34. The Kier molecular flexibility index (Phi) is 4.08. The van der Waals surface area contributed by atoms with Crippen molar-refractivity contribution in [2.24, 2.45) is 5.92 Å². The van der Waals surface area contributed by atoms with E-state index in [1.165, 1.54) is 7.11 Å². The number of rotatable bonds is 2. The number of piperidine rings is 1. The number of carbonyl (C=O) groups is 2. The van der Waals surface area contributed by atoms with Crippen LogP contribution in [0.25, 0.3) is 0 Å². The van der Waals surface area contributed by atoms with Crippen molar-refractivity contribution in [3.05, 3.63) is 22.5 Å². The largest absolute Gasteiger partial charge is 0.492 e. The summed E-state index contributed by atoms with van der Waals surface area (Å²) in [6.07, 6.45) is 0.694. The zero-order chi connectivity index (χ0) is 21.8. The maximum atomic E-state index is 13.6. The molecular weight excluding hydrogens is 400 g/mol. The van der Waals surface area contributed by atoms with Gasteiger partial charge in [0.1, 0.15) is 12.3 Å². The molecule has 31 heavy (non-hydrogen) atoms. The molecule has 4 saturated heterocycles. The van der Waals surface area contributed by atoms with Crippen LogP contribution in [0.4, 0.5) is 0 Å². The number of aliphatic hydroxyl groups is 1. The number of hydrogen-bond donors (Lipinski definition) is 1. The van der Waals surface area contributed by atoms with Gasteiger partial charge in [-0.05, 0) is 20.4 Å². The summed E-state index contributed by atoms with van der Waals surface area (Å²) < 4.78 is 11.5. The lowest BCUT2D eigenvalue weighted by Gasteiger charge is -2.61. The number of allylic oxidation sites excluding steroid dienone is 2. The molecule has 6 aliphatic rings. The molecule has 0 radical (unpaired) electrons.